The zero-order valence-corrected chi connectivity index (χ0v) is 12.8. The largest absolute Gasteiger partial charge is 0.350 e. The molecule has 1 unspecified atom stereocenters. The van der Waals surface area contributed by atoms with Crippen LogP contribution in [0.3, 0.4) is 0 Å². The van der Waals surface area contributed by atoms with Crippen molar-refractivity contribution in [2.24, 2.45) is 17.3 Å². The molecule has 19 heavy (non-hydrogen) atoms. The second kappa shape index (κ2) is 5.53. The van der Waals surface area contributed by atoms with Gasteiger partial charge < -0.3 is 9.47 Å². The average Bonchev–Trinajstić information content (AvgIpc) is 2.33. The minimum absolute atomic E-state index is 0.105. The van der Waals surface area contributed by atoms with Crippen LogP contribution in [-0.4, -0.2) is 24.8 Å². The summed E-state index contributed by atoms with van der Waals surface area (Å²) < 4.78 is 11.8. The maximum atomic E-state index is 12.0. The Morgan fingerprint density at radius 3 is 2.42 bits per heavy atom. The van der Waals surface area contributed by atoms with Gasteiger partial charge in [0.1, 0.15) is 5.78 Å². The summed E-state index contributed by atoms with van der Waals surface area (Å²) in [4.78, 5) is 12.0. The van der Waals surface area contributed by atoms with E-state index in [4.69, 9.17) is 9.47 Å². The smallest absolute Gasteiger partial charge is 0.165 e. The van der Waals surface area contributed by atoms with Gasteiger partial charge in [0, 0.05) is 24.2 Å². The number of hydrogen-bond donors (Lipinski definition) is 0. The Kier molecular flexibility index (Phi) is 4.36. The molecule has 2 rings (SSSR count). The van der Waals surface area contributed by atoms with Gasteiger partial charge in [0.15, 0.2) is 5.79 Å². The van der Waals surface area contributed by atoms with E-state index >= 15 is 0 Å². The normalized spacial score (nSPS) is 34.2. The minimum Gasteiger partial charge on any atom is -0.350 e. The number of carbonyl (C=O) groups excluding carboxylic acids is 1. The first kappa shape index (κ1) is 15.0. The first-order chi connectivity index (χ1) is 8.81. The van der Waals surface area contributed by atoms with Crippen LogP contribution in [0.4, 0.5) is 0 Å². The lowest BCUT2D eigenvalue weighted by molar-refractivity contribution is -0.293. The number of carbonyl (C=O) groups is 1. The van der Waals surface area contributed by atoms with Crippen LogP contribution in [0.1, 0.15) is 59.8 Å². The molecule has 0 aromatic rings. The fourth-order valence-electron chi connectivity index (χ4n) is 3.09. The van der Waals surface area contributed by atoms with Gasteiger partial charge >= 0.3 is 0 Å². The van der Waals surface area contributed by atoms with Crippen LogP contribution in [0.5, 0.6) is 0 Å². The molecule has 0 N–H and O–H groups in total. The molecular weight excluding hydrogens is 240 g/mol. The predicted octanol–water partition coefficient (Wildman–Crippen LogP) is 3.56. The van der Waals surface area contributed by atoms with E-state index in [1.54, 1.807) is 0 Å². The first-order valence-electron chi connectivity index (χ1n) is 7.62. The minimum atomic E-state index is -0.493. The summed E-state index contributed by atoms with van der Waals surface area (Å²) in [6.45, 7) is 9.99. The molecule has 1 heterocycles. The Bertz CT molecular complexity index is 325. The van der Waals surface area contributed by atoms with Gasteiger partial charge in [-0.05, 0) is 32.1 Å². The van der Waals surface area contributed by atoms with Crippen LogP contribution in [0.15, 0.2) is 0 Å². The molecule has 1 aliphatic carbocycles. The molecule has 0 aromatic carbocycles. The van der Waals surface area contributed by atoms with Crippen LogP contribution in [0.2, 0.25) is 0 Å². The Labute approximate surface area is 117 Å². The van der Waals surface area contributed by atoms with Gasteiger partial charge in [0.2, 0.25) is 0 Å². The van der Waals surface area contributed by atoms with E-state index < -0.39 is 5.79 Å². The third-order valence-electron chi connectivity index (χ3n) is 4.63. The van der Waals surface area contributed by atoms with Crippen LogP contribution in [-0.2, 0) is 14.3 Å². The Hall–Kier alpha value is -0.410. The molecule has 3 heteroatoms. The summed E-state index contributed by atoms with van der Waals surface area (Å²) in [6.07, 6.45) is 4.73. The highest BCUT2D eigenvalue weighted by atomic mass is 16.7. The van der Waals surface area contributed by atoms with Crippen molar-refractivity contribution < 1.29 is 14.3 Å². The summed E-state index contributed by atoms with van der Waals surface area (Å²) in [6, 6.07) is 0. The zero-order chi connectivity index (χ0) is 14.1. The third-order valence-corrected chi connectivity index (χ3v) is 4.63. The van der Waals surface area contributed by atoms with Gasteiger partial charge in [-0.2, -0.15) is 0 Å². The second-order valence-electron chi connectivity index (χ2n) is 7.36. The lowest BCUT2D eigenvalue weighted by Crippen LogP contribution is -2.46. The molecular formula is C16H28O3. The molecule has 1 aliphatic heterocycles. The highest BCUT2D eigenvalue weighted by Gasteiger charge is 2.38. The number of hydrogen-bond acceptors (Lipinski definition) is 3. The van der Waals surface area contributed by atoms with Crippen molar-refractivity contribution in [3.8, 4) is 0 Å². The Morgan fingerprint density at radius 1 is 1.21 bits per heavy atom. The number of ketones is 1. The van der Waals surface area contributed by atoms with Crippen LogP contribution in [0.25, 0.3) is 0 Å². The van der Waals surface area contributed by atoms with Gasteiger partial charge in [-0.3, -0.25) is 4.79 Å². The number of ether oxygens (including phenoxy) is 2. The van der Waals surface area contributed by atoms with Crippen molar-refractivity contribution >= 4 is 5.78 Å². The standard InChI is InChI=1S/C16H28O3/c1-12-6-5-7-14(17)13(12)8-9-16(4)18-10-15(2,3)11-19-16/h12-13H,5-11H2,1-4H3/t12-,13?/m1/s1. The quantitative estimate of drug-likeness (QED) is 0.785. The van der Waals surface area contributed by atoms with Crippen molar-refractivity contribution in [3.63, 3.8) is 0 Å². The topological polar surface area (TPSA) is 35.5 Å². The van der Waals surface area contributed by atoms with E-state index in [1.165, 1.54) is 6.42 Å². The Morgan fingerprint density at radius 2 is 1.84 bits per heavy atom. The van der Waals surface area contributed by atoms with Gasteiger partial charge in [-0.15, -0.1) is 0 Å². The fourth-order valence-corrected chi connectivity index (χ4v) is 3.09. The van der Waals surface area contributed by atoms with Crippen molar-refractivity contribution in [1.29, 1.82) is 0 Å². The molecule has 0 spiro atoms. The van der Waals surface area contributed by atoms with E-state index in [0.29, 0.717) is 11.7 Å². The summed E-state index contributed by atoms with van der Waals surface area (Å²) >= 11 is 0. The average molecular weight is 268 g/mol. The number of Topliss-reactive ketones (excluding diaryl/α,β-unsaturated/α-hetero) is 1. The molecule has 0 aromatic heterocycles. The van der Waals surface area contributed by atoms with Gasteiger partial charge in [0.25, 0.3) is 0 Å². The highest BCUT2D eigenvalue weighted by molar-refractivity contribution is 5.81. The maximum absolute atomic E-state index is 12.0. The molecule has 0 radical (unpaired) electrons. The first-order valence-corrected chi connectivity index (χ1v) is 7.62. The molecule has 2 atom stereocenters. The summed E-state index contributed by atoms with van der Waals surface area (Å²) in [7, 11) is 0. The van der Waals surface area contributed by atoms with E-state index in [-0.39, 0.29) is 11.3 Å². The van der Waals surface area contributed by atoms with E-state index in [0.717, 1.165) is 38.9 Å². The number of rotatable bonds is 3. The molecule has 2 fully saturated rings. The van der Waals surface area contributed by atoms with Gasteiger partial charge in [-0.1, -0.05) is 20.8 Å². The maximum Gasteiger partial charge on any atom is 0.165 e. The summed E-state index contributed by atoms with van der Waals surface area (Å²) in [5.74, 6) is 0.684. The van der Waals surface area contributed by atoms with Crippen LogP contribution < -0.4 is 0 Å². The molecule has 2 aliphatic rings. The van der Waals surface area contributed by atoms with Crippen molar-refractivity contribution in [2.75, 3.05) is 13.2 Å². The Balaban J connectivity index is 1.86. The van der Waals surface area contributed by atoms with Crippen LogP contribution in [0, 0.1) is 17.3 Å². The van der Waals surface area contributed by atoms with Crippen molar-refractivity contribution in [3.05, 3.63) is 0 Å². The fraction of sp³-hybridized carbons (Fsp3) is 0.938. The molecule has 1 saturated carbocycles. The SMILES string of the molecule is C[C@@H]1CCCC(=O)C1CCC1(C)OCC(C)(C)CO1. The van der Waals surface area contributed by atoms with Crippen molar-refractivity contribution in [2.45, 2.75) is 65.6 Å². The monoisotopic (exact) mass is 268 g/mol. The van der Waals surface area contributed by atoms with Gasteiger partial charge in [-0.25, -0.2) is 0 Å². The molecule has 0 bridgehead atoms. The lowest BCUT2D eigenvalue weighted by Gasteiger charge is -2.42. The van der Waals surface area contributed by atoms with Gasteiger partial charge in [0.05, 0.1) is 13.2 Å². The highest BCUT2D eigenvalue weighted by Crippen LogP contribution is 2.36. The van der Waals surface area contributed by atoms with E-state index in [1.807, 2.05) is 6.92 Å². The summed E-state index contributed by atoms with van der Waals surface area (Å²) in [5.41, 5.74) is 0.105. The molecule has 110 valence electrons. The van der Waals surface area contributed by atoms with E-state index in [2.05, 4.69) is 20.8 Å². The van der Waals surface area contributed by atoms with Crippen LogP contribution >= 0.6 is 0 Å². The summed E-state index contributed by atoms with van der Waals surface area (Å²) in [5, 5.41) is 0. The predicted molar refractivity (Wildman–Crippen MR) is 74.8 cm³/mol. The lowest BCUT2D eigenvalue weighted by atomic mass is 9.76. The van der Waals surface area contributed by atoms with E-state index in [9.17, 15) is 4.79 Å². The third kappa shape index (κ3) is 3.79. The second-order valence-corrected chi connectivity index (χ2v) is 7.36. The van der Waals surface area contributed by atoms with Crippen molar-refractivity contribution in [1.82, 2.24) is 0 Å². The zero-order valence-electron chi connectivity index (χ0n) is 12.8. The molecule has 0 amide bonds. The molecule has 1 saturated heterocycles. The molecule has 3 nitrogen and oxygen atoms in total.